The molecule has 178 valence electrons. The molecule has 35 heavy (non-hydrogen) atoms. The number of ketones is 1. The van der Waals surface area contributed by atoms with Gasteiger partial charge in [-0.3, -0.25) is 19.2 Å². The van der Waals surface area contributed by atoms with Gasteiger partial charge in [-0.15, -0.1) is 0 Å². The highest BCUT2D eigenvalue weighted by Crippen LogP contribution is 2.45. The molecule has 0 saturated carbocycles. The lowest BCUT2D eigenvalue weighted by molar-refractivity contribution is 0.00527. The Morgan fingerprint density at radius 1 is 0.771 bits per heavy atom. The van der Waals surface area contributed by atoms with Crippen LogP contribution in [0.4, 0.5) is 0 Å². The second kappa shape index (κ2) is 10.5. The summed E-state index contributed by atoms with van der Waals surface area (Å²) in [5.74, 6) is -2.79. The molecule has 0 unspecified atom stereocenters. The molecule has 3 amide bonds. The predicted molar refractivity (Wildman–Crippen MR) is 149 cm³/mol. The molecular formula is C23H10Br5ClN2O4. The van der Waals surface area contributed by atoms with Gasteiger partial charge in [0.2, 0.25) is 0 Å². The van der Waals surface area contributed by atoms with E-state index in [1.54, 1.807) is 36.4 Å². The summed E-state index contributed by atoms with van der Waals surface area (Å²) in [5, 5.41) is 1.63. The van der Waals surface area contributed by atoms with E-state index in [0.717, 1.165) is 9.48 Å². The monoisotopic (exact) mass is 808 g/mol. The Hall–Kier alpha value is -1.37. The molecule has 0 bridgehead atoms. The fourth-order valence-corrected chi connectivity index (χ4v) is 6.36. The molecule has 12 heteroatoms. The normalized spacial score (nSPS) is 12.7. The molecule has 1 heterocycles. The third-order valence-corrected chi connectivity index (χ3v) is 10.7. The van der Waals surface area contributed by atoms with E-state index >= 15 is 0 Å². The maximum absolute atomic E-state index is 13.6. The summed E-state index contributed by atoms with van der Waals surface area (Å²) in [7, 11) is 0. The van der Waals surface area contributed by atoms with E-state index in [0.29, 0.717) is 28.5 Å². The van der Waals surface area contributed by atoms with Crippen molar-refractivity contribution in [1.82, 2.24) is 10.0 Å². The summed E-state index contributed by atoms with van der Waals surface area (Å²) < 4.78 is 2.42. The van der Waals surface area contributed by atoms with Gasteiger partial charge in [0.15, 0.2) is 5.78 Å². The topological polar surface area (TPSA) is 74.8 Å². The van der Waals surface area contributed by atoms with Crippen LogP contribution in [0.1, 0.15) is 41.4 Å². The van der Waals surface area contributed by atoms with Crippen LogP contribution >= 0.6 is 91.3 Å². The minimum Gasteiger partial charge on any atom is -0.292 e. The molecule has 0 aliphatic carbocycles. The molecule has 3 aromatic rings. The van der Waals surface area contributed by atoms with Crippen molar-refractivity contribution in [3.63, 3.8) is 0 Å². The number of carbonyl (C=O) groups excluding carboxylic acids is 4. The zero-order chi connectivity index (χ0) is 25.6. The molecule has 0 spiro atoms. The van der Waals surface area contributed by atoms with Gasteiger partial charge in [-0.25, -0.2) is 5.01 Å². The van der Waals surface area contributed by atoms with Crippen LogP contribution in [0.15, 0.2) is 70.9 Å². The summed E-state index contributed by atoms with van der Waals surface area (Å²) in [5.41, 5.74) is 0.430. The van der Waals surface area contributed by atoms with Crippen LogP contribution in [-0.2, 0) is 0 Å². The molecule has 0 aromatic heterocycles. The summed E-state index contributed by atoms with van der Waals surface area (Å²) in [4.78, 5) is 53.8. The van der Waals surface area contributed by atoms with Crippen molar-refractivity contribution in [3.8, 4) is 0 Å². The number of imide groups is 1. The van der Waals surface area contributed by atoms with Gasteiger partial charge in [-0.05, 0) is 88.0 Å². The Labute approximate surface area is 246 Å². The minimum atomic E-state index is -0.777. The van der Waals surface area contributed by atoms with Crippen molar-refractivity contribution in [2.75, 3.05) is 6.54 Å². The van der Waals surface area contributed by atoms with Crippen molar-refractivity contribution in [1.29, 1.82) is 0 Å². The second-order valence-corrected chi connectivity index (χ2v) is 11.7. The molecule has 1 aliphatic heterocycles. The zero-order valence-electron chi connectivity index (χ0n) is 17.1. The van der Waals surface area contributed by atoms with E-state index in [1.807, 2.05) is 0 Å². The minimum absolute atomic E-state index is 0.0369. The maximum atomic E-state index is 13.6. The number of benzene rings is 3. The van der Waals surface area contributed by atoms with E-state index in [-0.39, 0.29) is 21.7 Å². The highest BCUT2D eigenvalue weighted by atomic mass is 79.9. The number of amides is 3. The third kappa shape index (κ3) is 4.83. The van der Waals surface area contributed by atoms with Crippen LogP contribution < -0.4 is 0 Å². The fraction of sp³-hybridized carbons (Fsp3) is 0.0435. The lowest BCUT2D eigenvalue weighted by atomic mass is 10.1. The Balaban J connectivity index is 1.83. The average Bonchev–Trinajstić information content (AvgIpc) is 3.10. The summed E-state index contributed by atoms with van der Waals surface area (Å²) in [6, 6.07) is 12.7. The van der Waals surface area contributed by atoms with Crippen molar-refractivity contribution in [3.05, 3.63) is 98.2 Å². The first-order valence-corrected chi connectivity index (χ1v) is 14.0. The quantitative estimate of drug-likeness (QED) is 0.115. The molecule has 1 aliphatic rings. The fourth-order valence-electron chi connectivity index (χ4n) is 3.43. The molecule has 6 nitrogen and oxygen atoms in total. The Morgan fingerprint density at radius 2 is 1.29 bits per heavy atom. The standard InChI is InChI=1S/C23H10Br5ClN2O4/c24-11-7-5-10(6-8-11)14(32)9-30(21(33)12-3-1-2-4-13(12)29)31-22(34)15-16(23(31)35)18(26)20(28)19(27)17(15)25/h1-8H,9H2. The van der Waals surface area contributed by atoms with Crippen LogP contribution in [0.5, 0.6) is 0 Å². The van der Waals surface area contributed by atoms with Gasteiger partial charge in [-0.1, -0.05) is 51.8 Å². The lowest BCUT2D eigenvalue weighted by Gasteiger charge is -2.29. The van der Waals surface area contributed by atoms with Crippen LogP contribution in [0.25, 0.3) is 0 Å². The summed E-state index contributed by atoms with van der Waals surface area (Å²) in [6.45, 7) is -0.575. The number of hydrazine groups is 1. The molecule has 0 fully saturated rings. The van der Waals surface area contributed by atoms with E-state index in [2.05, 4.69) is 79.6 Å². The van der Waals surface area contributed by atoms with Gasteiger partial charge in [-0.2, -0.15) is 5.01 Å². The molecular weight excluding hydrogens is 803 g/mol. The van der Waals surface area contributed by atoms with Crippen LogP contribution in [0.2, 0.25) is 5.02 Å². The van der Waals surface area contributed by atoms with Gasteiger partial charge < -0.3 is 0 Å². The van der Waals surface area contributed by atoms with Gasteiger partial charge >= 0.3 is 0 Å². The zero-order valence-corrected chi connectivity index (χ0v) is 25.8. The molecule has 0 saturated heterocycles. The van der Waals surface area contributed by atoms with E-state index in [9.17, 15) is 19.2 Å². The van der Waals surface area contributed by atoms with E-state index < -0.39 is 30.0 Å². The van der Waals surface area contributed by atoms with Crippen molar-refractivity contribution in [2.24, 2.45) is 0 Å². The summed E-state index contributed by atoms with van der Waals surface area (Å²) in [6.07, 6.45) is 0. The molecule has 0 radical (unpaired) electrons. The van der Waals surface area contributed by atoms with Crippen molar-refractivity contribution < 1.29 is 19.2 Å². The smallest absolute Gasteiger partial charge is 0.282 e. The van der Waals surface area contributed by atoms with E-state index in [1.165, 1.54) is 12.1 Å². The molecule has 3 aromatic carbocycles. The summed E-state index contributed by atoms with van der Waals surface area (Å²) >= 11 is 23.0. The average molecular weight is 813 g/mol. The first kappa shape index (κ1) is 26.7. The van der Waals surface area contributed by atoms with Crippen molar-refractivity contribution >= 4 is 115 Å². The number of nitrogens with zero attached hydrogens (tertiary/aromatic N) is 2. The number of rotatable bonds is 5. The largest absolute Gasteiger partial charge is 0.292 e. The van der Waals surface area contributed by atoms with Gasteiger partial charge in [0.1, 0.15) is 6.54 Å². The Kier molecular flexibility index (Phi) is 8.04. The number of Topliss-reactive ketones (excluding diaryl/α,β-unsaturated/α-hetero) is 1. The van der Waals surface area contributed by atoms with Gasteiger partial charge in [0.05, 0.1) is 21.7 Å². The number of hydrogen-bond acceptors (Lipinski definition) is 4. The Bertz CT molecular complexity index is 1380. The highest BCUT2D eigenvalue weighted by Gasteiger charge is 2.46. The highest BCUT2D eigenvalue weighted by molar-refractivity contribution is 9.15. The number of hydrogen-bond donors (Lipinski definition) is 0. The van der Waals surface area contributed by atoms with Crippen LogP contribution in [-0.4, -0.2) is 40.1 Å². The molecule has 0 N–H and O–H groups in total. The van der Waals surface area contributed by atoms with Crippen LogP contribution in [0.3, 0.4) is 0 Å². The van der Waals surface area contributed by atoms with E-state index in [4.69, 9.17) is 11.6 Å². The SMILES string of the molecule is O=C(CN(C(=O)c1ccccc1Cl)N1C(=O)c2c(Br)c(Br)c(Br)c(Br)c2C1=O)c1ccc(Br)cc1. The maximum Gasteiger partial charge on any atom is 0.282 e. The lowest BCUT2D eigenvalue weighted by Crippen LogP contribution is -2.51. The first-order chi connectivity index (χ1) is 16.5. The van der Waals surface area contributed by atoms with Gasteiger partial charge in [0, 0.05) is 27.9 Å². The third-order valence-electron chi connectivity index (χ3n) is 5.12. The van der Waals surface area contributed by atoms with Crippen molar-refractivity contribution in [2.45, 2.75) is 0 Å². The predicted octanol–water partition coefficient (Wildman–Crippen LogP) is 7.69. The number of carbonyl (C=O) groups is 4. The number of halogens is 6. The number of fused-ring (bicyclic) bond motifs is 1. The van der Waals surface area contributed by atoms with Crippen LogP contribution in [0, 0.1) is 0 Å². The Morgan fingerprint density at radius 3 is 1.80 bits per heavy atom. The second-order valence-electron chi connectivity index (χ2n) is 7.20. The van der Waals surface area contributed by atoms with Gasteiger partial charge in [0.25, 0.3) is 17.7 Å². The first-order valence-electron chi connectivity index (χ1n) is 9.64. The molecule has 0 atom stereocenters. The molecule has 4 rings (SSSR count).